The van der Waals surface area contributed by atoms with E-state index in [9.17, 15) is 9.59 Å². The van der Waals surface area contributed by atoms with Crippen LogP contribution in [0, 0.1) is 0 Å². The highest BCUT2D eigenvalue weighted by Crippen LogP contribution is 2.18. The second kappa shape index (κ2) is 6.95. The second-order valence-electron chi connectivity index (χ2n) is 4.22. The molecule has 1 N–H and O–H groups in total. The molecule has 1 aromatic heterocycles. The Morgan fingerprint density at radius 2 is 2.00 bits per heavy atom. The van der Waals surface area contributed by atoms with Gasteiger partial charge in [0.05, 0.1) is 18.4 Å². The largest absolute Gasteiger partial charge is 0.472 e. The first kappa shape index (κ1) is 15.1. The van der Waals surface area contributed by atoms with Crippen molar-refractivity contribution in [2.24, 2.45) is 0 Å². The molecule has 6 heteroatoms. The molecule has 0 aliphatic carbocycles. The van der Waals surface area contributed by atoms with Gasteiger partial charge in [-0.3, -0.25) is 4.79 Å². The van der Waals surface area contributed by atoms with Crippen molar-refractivity contribution in [3.05, 3.63) is 59.0 Å². The number of furan rings is 1. The van der Waals surface area contributed by atoms with Gasteiger partial charge in [-0.05, 0) is 30.7 Å². The van der Waals surface area contributed by atoms with Crippen LogP contribution in [-0.4, -0.2) is 18.5 Å². The van der Waals surface area contributed by atoms with Crippen LogP contribution in [0.3, 0.4) is 0 Å². The Morgan fingerprint density at radius 1 is 1.29 bits per heavy atom. The van der Waals surface area contributed by atoms with Crippen molar-refractivity contribution in [3.63, 3.8) is 0 Å². The van der Waals surface area contributed by atoms with Crippen LogP contribution in [0.5, 0.6) is 0 Å². The zero-order valence-corrected chi connectivity index (χ0v) is 12.1. The van der Waals surface area contributed by atoms with Crippen LogP contribution in [-0.2, 0) is 9.53 Å². The van der Waals surface area contributed by atoms with Crippen molar-refractivity contribution >= 4 is 23.5 Å². The maximum absolute atomic E-state index is 12.1. The summed E-state index contributed by atoms with van der Waals surface area (Å²) in [6.07, 6.45) is 2.69. The molecule has 2 aromatic rings. The van der Waals surface area contributed by atoms with E-state index in [1.807, 2.05) is 0 Å². The number of hydrogen-bond acceptors (Lipinski definition) is 4. The lowest BCUT2D eigenvalue weighted by atomic mass is 10.1. The van der Waals surface area contributed by atoms with Crippen molar-refractivity contribution in [2.75, 3.05) is 6.61 Å². The number of nitrogens with one attached hydrogen (secondary N) is 1. The van der Waals surface area contributed by atoms with Gasteiger partial charge in [0.15, 0.2) is 6.04 Å². The van der Waals surface area contributed by atoms with E-state index < -0.39 is 17.9 Å². The van der Waals surface area contributed by atoms with Crippen LogP contribution in [0.25, 0.3) is 0 Å². The summed E-state index contributed by atoms with van der Waals surface area (Å²) in [6, 6.07) is 7.24. The number of esters is 1. The molecule has 110 valence electrons. The van der Waals surface area contributed by atoms with E-state index in [0.29, 0.717) is 16.1 Å². The molecule has 0 saturated carbocycles. The third-order valence-electron chi connectivity index (χ3n) is 2.78. The molecule has 0 radical (unpaired) electrons. The summed E-state index contributed by atoms with van der Waals surface area (Å²) in [6.45, 7) is 1.93. The highest BCUT2D eigenvalue weighted by molar-refractivity contribution is 6.30. The molecule has 1 aromatic carbocycles. The quantitative estimate of drug-likeness (QED) is 0.862. The van der Waals surface area contributed by atoms with Crippen molar-refractivity contribution in [2.45, 2.75) is 13.0 Å². The van der Waals surface area contributed by atoms with Crippen LogP contribution in [0.2, 0.25) is 5.02 Å². The summed E-state index contributed by atoms with van der Waals surface area (Å²) in [5.74, 6) is -0.951. The highest BCUT2D eigenvalue weighted by Gasteiger charge is 2.24. The van der Waals surface area contributed by atoms with Gasteiger partial charge in [-0.25, -0.2) is 4.79 Å². The van der Waals surface area contributed by atoms with E-state index in [-0.39, 0.29) is 6.61 Å². The fourth-order valence-corrected chi connectivity index (χ4v) is 1.89. The Hall–Kier alpha value is -2.27. The summed E-state index contributed by atoms with van der Waals surface area (Å²) in [5, 5.41) is 3.17. The molecular weight excluding hydrogens is 294 g/mol. The van der Waals surface area contributed by atoms with E-state index >= 15 is 0 Å². The average Bonchev–Trinajstić information content (AvgIpc) is 3.00. The second-order valence-corrected chi connectivity index (χ2v) is 4.66. The van der Waals surface area contributed by atoms with Crippen LogP contribution in [0.1, 0.15) is 28.9 Å². The Labute approximate surface area is 126 Å². The van der Waals surface area contributed by atoms with Crippen LogP contribution in [0.4, 0.5) is 0 Å². The van der Waals surface area contributed by atoms with E-state index in [1.54, 1.807) is 31.2 Å². The number of benzene rings is 1. The average molecular weight is 308 g/mol. The van der Waals surface area contributed by atoms with E-state index in [1.165, 1.54) is 18.6 Å². The predicted molar refractivity (Wildman–Crippen MR) is 77.0 cm³/mol. The van der Waals surface area contributed by atoms with Crippen LogP contribution < -0.4 is 5.32 Å². The molecule has 0 saturated heterocycles. The van der Waals surface area contributed by atoms with Gasteiger partial charge < -0.3 is 14.5 Å². The number of hydrogen-bond donors (Lipinski definition) is 1. The molecule has 1 amide bonds. The van der Waals surface area contributed by atoms with Crippen molar-refractivity contribution < 1.29 is 18.7 Å². The summed E-state index contributed by atoms with van der Waals surface area (Å²) in [7, 11) is 0. The first-order valence-electron chi connectivity index (χ1n) is 6.37. The molecule has 21 heavy (non-hydrogen) atoms. The van der Waals surface area contributed by atoms with E-state index in [2.05, 4.69) is 5.32 Å². The molecule has 0 aliphatic rings. The Bertz CT molecular complexity index is 607. The molecule has 5 nitrogen and oxygen atoms in total. The summed E-state index contributed by atoms with van der Waals surface area (Å²) in [4.78, 5) is 24.1. The maximum atomic E-state index is 12.1. The Morgan fingerprint density at radius 3 is 2.57 bits per heavy atom. The molecule has 0 aliphatic heterocycles. The molecule has 0 fully saturated rings. The minimum Gasteiger partial charge on any atom is -0.472 e. The number of carbonyl (C=O) groups excluding carboxylic acids is 2. The lowest BCUT2D eigenvalue weighted by molar-refractivity contribution is -0.145. The normalized spacial score (nSPS) is 11.7. The Kier molecular flexibility index (Phi) is 5.00. The van der Waals surface area contributed by atoms with Gasteiger partial charge in [0, 0.05) is 5.02 Å². The summed E-state index contributed by atoms with van der Waals surface area (Å²) >= 11 is 5.83. The fraction of sp³-hybridized carbons (Fsp3) is 0.200. The fourth-order valence-electron chi connectivity index (χ4n) is 1.77. The van der Waals surface area contributed by atoms with Crippen LogP contribution in [0.15, 0.2) is 47.3 Å². The topological polar surface area (TPSA) is 68.5 Å². The number of rotatable bonds is 5. The third kappa shape index (κ3) is 3.86. The van der Waals surface area contributed by atoms with Gasteiger partial charge in [-0.2, -0.15) is 0 Å². The van der Waals surface area contributed by atoms with Gasteiger partial charge >= 0.3 is 5.97 Å². The van der Waals surface area contributed by atoms with Crippen molar-refractivity contribution in [1.82, 2.24) is 5.32 Å². The highest BCUT2D eigenvalue weighted by atomic mass is 35.5. The monoisotopic (exact) mass is 307 g/mol. The Balaban J connectivity index is 2.22. The van der Waals surface area contributed by atoms with Gasteiger partial charge in [-0.15, -0.1) is 0 Å². The lowest BCUT2D eigenvalue weighted by Gasteiger charge is -2.17. The maximum Gasteiger partial charge on any atom is 0.333 e. The van der Waals surface area contributed by atoms with E-state index in [0.717, 1.165) is 0 Å². The zero-order valence-electron chi connectivity index (χ0n) is 11.3. The molecule has 1 atom stereocenters. The molecule has 0 spiro atoms. The molecule has 0 unspecified atom stereocenters. The van der Waals surface area contributed by atoms with Crippen molar-refractivity contribution in [3.8, 4) is 0 Å². The predicted octanol–water partition coefficient (Wildman–Crippen LogP) is 2.97. The number of halogens is 1. The van der Waals surface area contributed by atoms with Gasteiger partial charge in [0.2, 0.25) is 0 Å². The lowest BCUT2D eigenvalue weighted by Crippen LogP contribution is -2.34. The molecular formula is C15H14ClNO4. The number of ether oxygens (including phenoxy) is 1. The summed E-state index contributed by atoms with van der Waals surface area (Å²) < 4.78 is 9.85. The van der Waals surface area contributed by atoms with Gasteiger partial charge in [-0.1, -0.05) is 23.7 Å². The van der Waals surface area contributed by atoms with E-state index in [4.69, 9.17) is 20.8 Å². The molecule has 2 rings (SSSR count). The minimum absolute atomic E-state index is 0.227. The van der Waals surface area contributed by atoms with Crippen LogP contribution >= 0.6 is 11.6 Å². The zero-order chi connectivity index (χ0) is 15.2. The SMILES string of the molecule is CCOC(=O)[C@H](NC(=O)c1ccoc1)c1ccc(Cl)cc1. The summed E-state index contributed by atoms with van der Waals surface area (Å²) in [5.41, 5.74) is 0.924. The van der Waals surface area contributed by atoms with Gasteiger partial charge in [0.1, 0.15) is 6.26 Å². The van der Waals surface area contributed by atoms with Crippen molar-refractivity contribution in [1.29, 1.82) is 0 Å². The minimum atomic E-state index is -0.899. The first-order valence-corrected chi connectivity index (χ1v) is 6.74. The molecule has 1 heterocycles. The van der Waals surface area contributed by atoms with Gasteiger partial charge in [0.25, 0.3) is 5.91 Å². The standard InChI is InChI=1S/C15H14ClNO4/c1-2-21-15(19)13(10-3-5-12(16)6-4-10)17-14(18)11-7-8-20-9-11/h3-9,13H,2H2,1H3,(H,17,18)/t13-/m1/s1. The smallest absolute Gasteiger partial charge is 0.333 e. The number of amides is 1. The number of carbonyl (C=O) groups is 2. The molecule has 0 bridgehead atoms. The third-order valence-corrected chi connectivity index (χ3v) is 3.04. The first-order chi connectivity index (χ1) is 10.1.